The minimum absolute atomic E-state index is 0.0829. The molecule has 0 saturated heterocycles. The van der Waals surface area contributed by atoms with Crippen molar-refractivity contribution in [2.75, 3.05) is 0 Å². The summed E-state index contributed by atoms with van der Waals surface area (Å²) in [6, 6.07) is 84.5. The summed E-state index contributed by atoms with van der Waals surface area (Å²) in [5.41, 5.74) is 14.8. The molecule has 2 heterocycles. The van der Waals surface area contributed by atoms with E-state index in [-0.39, 0.29) is 13.4 Å². The number of hydrogen-bond acceptors (Lipinski definition) is 0. The van der Waals surface area contributed by atoms with Gasteiger partial charge in [-0.05, 0) is 42.5 Å². The van der Waals surface area contributed by atoms with Crippen LogP contribution in [0.3, 0.4) is 0 Å². The van der Waals surface area contributed by atoms with Crippen LogP contribution < -0.4 is 32.8 Å². The van der Waals surface area contributed by atoms with Gasteiger partial charge in [-0.25, -0.2) is 0 Å². The third-order valence-corrected chi connectivity index (χ3v) is 11.9. The van der Waals surface area contributed by atoms with Crippen LogP contribution in [0, 0.1) is 0 Å². The molecule has 0 aliphatic rings. The third kappa shape index (κ3) is 5.68. The highest BCUT2D eigenvalue weighted by Crippen LogP contribution is 2.41. The molecular weight excluding hydrogens is 698 g/mol. The maximum atomic E-state index is 2.54. The first-order chi connectivity index (χ1) is 28.8. The minimum Gasteiger partial charge on any atom is -0.309 e. The summed E-state index contributed by atoms with van der Waals surface area (Å²) in [6.07, 6.45) is 0. The molecule has 9 aromatic carbocycles. The van der Waals surface area contributed by atoms with E-state index in [4.69, 9.17) is 0 Å². The fourth-order valence-electron chi connectivity index (χ4n) is 9.46. The maximum absolute atomic E-state index is 2.54. The molecule has 2 nitrogen and oxygen atoms in total. The topological polar surface area (TPSA) is 9.86 Å². The lowest BCUT2D eigenvalue weighted by Crippen LogP contribution is -2.52. The Morgan fingerprint density at radius 2 is 0.707 bits per heavy atom. The van der Waals surface area contributed by atoms with Crippen LogP contribution in [0.2, 0.25) is 0 Å². The lowest BCUT2D eigenvalue weighted by Gasteiger charge is -2.18. The van der Waals surface area contributed by atoms with Gasteiger partial charge < -0.3 is 9.13 Å². The smallest absolute Gasteiger partial charge is 0.241 e. The van der Waals surface area contributed by atoms with Gasteiger partial charge in [0.25, 0.3) is 0 Å². The van der Waals surface area contributed by atoms with Crippen molar-refractivity contribution in [2.24, 2.45) is 0 Å². The van der Waals surface area contributed by atoms with Gasteiger partial charge in [0.1, 0.15) is 0 Å². The van der Waals surface area contributed by atoms with E-state index in [1.54, 1.807) is 0 Å². The van der Waals surface area contributed by atoms with Crippen molar-refractivity contribution in [1.29, 1.82) is 0 Å². The van der Waals surface area contributed by atoms with Crippen LogP contribution in [0.4, 0.5) is 0 Å². The third-order valence-electron chi connectivity index (χ3n) is 11.9. The molecule has 0 aliphatic carbocycles. The first-order valence-corrected chi connectivity index (χ1v) is 20.2. The number of hydrogen-bond donors (Lipinski definition) is 0. The van der Waals surface area contributed by atoms with Crippen molar-refractivity contribution in [3.05, 3.63) is 231 Å². The first kappa shape index (κ1) is 34.0. The van der Waals surface area contributed by atoms with Crippen molar-refractivity contribution >= 4 is 89.8 Å². The molecule has 0 radical (unpaired) electrons. The fourth-order valence-corrected chi connectivity index (χ4v) is 9.46. The van der Waals surface area contributed by atoms with Crippen LogP contribution in [-0.2, 0) is 0 Å². The summed E-state index contributed by atoms with van der Waals surface area (Å²) in [5.74, 6) is 0. The van der Waals surface area contributed by atoms with Crippen LogP contribution in [0.25, 0.3) is 55.0 Å². The molecule has 4 heteroatoms. The van der Waals surface area contributed by atoms with Gasteiger partial charge in [0.15, 0.2) is 0 Å². The molecular formula is C54H38B2N2. The quantitative estimate of drug-likeness (QED) is 0.138. The van der Waals surface area contributed by atoms with Gasteiger partial charge in [0.2, 0.25) is 13.4 Å². The molecule has 11 aromatic rings. The summed E-state index contributed by atoms with van der Waals surface area (Å²) in [5, 5.41) is 4.99. The summed E-state index contributed by atoms with van der Waals surface area (Å²) in [4.78, 5) is 0. The standard InChI is InChI=1S/C54H38B2N2/c1-6-19-39(20-7-1)55(40-21-8-2-9-22-40)43-27-18-30-46(37-43)58-51-35-33-44(56(41-23-10-3-11-24-41)42-25-12-4-13-26-42)38-49(51)47-34-36-52-53(54(47)58)48-31-16-17-32-50(48)57(52)45-28-14-5-15-29-45/h1-38H. The molecule has 0 aliphatic heterocycles. The van der Waals surface area contributed by atoms with E-state index in [1.807, 2.05) is 0 Å². The van der Waals surface area contributed by atoms with Crippen molar-refractivity contribution in [2.45, 2.75) is 0 Å². The zero-order valence-corrected chi connectivity index (χ0v) is 32.0. The minimum atomic E-state index is 0.0829. The Hall–Kier alpha value is -7.29. The highest BCUT2D eigenvalue weighted by atomic mass is 15.0. The molecule has 0 amide bonds. The largest absolute Gasteiger partial charge is 0.309 e. The highest BCUT2D eigenvalue weighted by Gasteiger charge is 2.26. The van der Waals surface area contributed by atoms with E-state index in [1.165, 1.54) is 76.4 Å². The molecule has 0 bridgehead atoms. The first-order valence-electron chi connectivity index (χ1n) is 20.2. The van der Waals surface area contributed by atoms with Gasteiger partial charge in [0.05, 0.1) is 22.1 Å². The number of para-hydroxylation sites is 2. The van der Waals surface area contributed by atoms with Crippen molar-refractivity contribution < 1.29 is 0 Å². The molecule has 0 atom stereocenters. The second kappa shape index (κ2) is 14.3. The molecule has 0 spiro atoms. The zero-order valence-electron chi connectivity index (χ0n) is 32.0. The van der Waals surface area contributed by atoms with Gasteiger partial charge in [-0.2, -0.15) is 0 Å². The average molecular weight is 737 g/mol. The lowest BCUT2D eigenvalue weighted by molar-refractivity contribution is 1.17. The van der Waals surface area contributed by atoms with Crippen LogP contribution in [0.5, 0.6) is 0 Å². The molecule has 0 N–H and O–H groups in total. The molecule has 0 unspecified atom stereocenters. The monoisotopic (exact) mass is 736 g/mol. The molecule has 270 valence electrons. The Kier molecular flexibility index (Phi) is 8.40. The SMILES string of the molecule is c1ccc(B(c2ccccc2)c2cccc(-n3c4ccc(B(c5ccccc5)c5ccccc5)cc4c4ccc5c(c6ccccc6n5-c5ccccc5)c43)c2)cc1. The number of nitrogens with zero attached hydrogens (tertiary/aromatic N) is 2. The highest BCUT2D eigenvalue weighted by molar-refractivity contribution is 6.96. The van der Waals surface area contributed by atoms with E-state index >= 15 is 0 Å². The van der Waals surface area contributed by atoms with E-state index in [2.05, 4.69) is 240 Å². The fraction of sp³-hybridized carbons (Fsp3) is 0. The van der Waals surface area contributed by atoms with Crippen molar-refractivity contribution in [1.82, 2.24) is 9.13 Å². The second-order valence-corrected chi connectivity index (χ2v) is 15.3. The van der Waals surface area contributed by atoms with Crippen molar-refractivity contribution in [3.8, 4) is 11.4 Å². The normalized spacial score (nSPS) is 11.4. The van der Waals surface area contributed by atoms with E-state index in [0.29, 0.717) is 0 Å². The summed E-state index contributed by atoms with van der Waals surface area (Å²) in [7, 11) is 0. The van der Waals surface area contributed by atoms with E-state index in [9.17, 15) is 0 Å². The van der Waals surface area contributed by atoms with Crippen LogP contribution >= 0.6 is 0 Å². The predicted molar refractivity (Wildman–Crippen MR) is 250 cm³/mol. The van der Waals surface area contributed by atoms with Crippen LogP contribution in [-0.4, -0.2) is 22.6 Å². The Morgan fingerprint density at radius 1 is 0.259 bits per heavy atom. The molecule has 0 saturated carbocycles. The van der Waals surface area contributed by atoms with Crippen molar-refractivity contribution in [3.63, 3.8) is 0 Å². The molecule has 58 heavy (non-hydrogen) atoms. The number of benzene rings is 9. The van der Waals surface area contributed by atoms with E-state index < -0.39 is 0 Å². The lowest BCUT2D eigenvalue weighted by atomic mass is 9.37. The average Bonchev–Trinajstić information content (AvgIpc) is 3.81. The number of aromatic nitrogens is 2. The summed E-state index contributed by atoms with van der Waals surface area (Å²) < 4.78 is 4.96. The van der Waals surface area contributed by atoms with Gasteiger partial charge in [-0.15, -0.1) is 0 Å². The van der Waals surface area contributed by atoms with Gasteiger partial charge in [-0.1, -0.05) is 221 Å². The predicted octanol–water partition coefficient (Wildman–Crippen LogP) is 8.91. The zero-order chi connectivity index (χ0) is 38.4. The van der Waals surface area contributed by atoms with Gasteiger partial charge in [0, 0.05) is 32.9 Å². The Bertz CT molecular complexity index is 3130. The van der Waals surface area contributed by atoms with Gasteiger partial charge >= 0.3 is 0 Å². The molecule has 11 rings (SSSR count). The van der Waals surface area contributed by atoms with Gasteiger partial charge in [-0.3, -0.25) is 0 Å². The maximum Gasteiger partial charge on any atom is 0.241 e. The van der Waals surface area contributed by atoms with Crippen LogP contribution in [0.1, 0.15) is 0 Å². The second-order valence-electron chi connectivity index (χ2n) is 15.3. The summed E-state index contributed by atoms with van der Waals surface area (Å²) in [6.45, 7) is 0.175. The van der Waals surface area contributed by atoms with Crippen LogP contribution in [0.15, 0.2) is 231 Å². The molecule has 0 fully saturated rings. The summed E-state index contributed by atoms with van der Waals surface area (Å²) >= 11 is 0. The number of fused-ring (bicyclic) bond motifs is 7. The molecule has 2 aromatic heterocycles. The Morgan fingerprint density at radius 3 is 1.29 bits per heavy atom. The van der Waals surface area contributed by atoms with E-state index in [0.717, 1.165) is 11.4 Å². The number of rotatable bonds is 8. The Labute approximate surface area is 339 Å². The Balaban J connectivity index is 1.23.